The maximum Gasteiger partial charge on any atom is 0.227 e. The van der Waals surface area contributed by atoms with Gasteiger partial charge in [0.25, 0.3) is 0 Å². The van der Waals surface area contributed by atoms with Gasteiger partial charge in [-0.25, -0.2) is 4.39 Å². The lowest BCUT2D eigenvalue weighted by atomic mass is 9.92. The van der Waals surface area contributed by atoms with Crippen molar-refractivity contribution in [1.82, 2.24) is 9.80 Å². The molecule has 0 spiro atoms. The van der Waals surface area contributed by atoms with E-state index < -0.39 is 0 Å². The maximum atomic E-state index is 13.8. The Bertz CT molecular complexity index is 604. The molecule has 2 saturated heterocycles. The average Bonchev–Trinajstić information content (AvgIpc) is 2.69. The van der Waals surface area contributed by atoms with Crippen molar-refractivity contribution in [3.63, 3.8) is 0 Å². The Balaban J connectivity index is 1.77. The van der Waals surface area contributed by atoms with Crippen molar-refractivity contribution < 1.29 is 14.0 Å². The van der Waals surface area contributed by atoms with E-state index in [1.165, 1.54) is 6.07 Å². The van der Waals surface area contributed by atoms with Gasteiger partial charge in [-0.1, -0.05) is 18.2 Å². The second-order valence-corrected chi connectivity index (χ2v) is 6.53. The molecular formula is C18H23FN2O2. The van der Waals surface area contributed by atoms with E-state index in [4.69, 9.17) is 0 Å². The minimum atomic E-state index is -0.331. The number of piperidine rings is 1. The van der Waals surface area contributed by atoms with Crippen molar-refractivity contribution in [3.05, 3.63) is 35.6 Å². The van der Waals surface area contributed by atoms with Crippen molar-refractivity contribution >= 4 is 11.8 Å². The smallest absolute Gasteiger partial charge is 0.227 e. The number of amides is 2. The van der Waals surface area contributed by atoms with Crippen LogP contribution in [0.2, 0.25) is 0 Å². The zero-order chi connectivity index (χ0) is 16.4. The minimum Gasteiger partial charge on any atom is -0.341 e. The Kier molecular flexibility index (Phi) is 4.64. The molecular weight excluding hydrogens is 295 g/mol. The first-order chi connectivity index (χ1) is 11.1. The highest BCUT2D eigenvalue weighted by Crippen LogP contribution is 2.29. The van der Waals surface area contributed by atoms with Crippen molar-refractivity contribution in [1.29, 1.82) is 0 Å². The molecule has 2 amide bonds. The molecule has 4 nitrogen and oxygen atoms in total. The monoisotopic (exact) mass is 318 g/mol. The second kappa shape index (κ2) is 6.69. The second-order valence-electron chi connectivity index (χ2n) is 6.53. The summed E-state index contributed by atoms with van der Waals surface area (Å²) in [6.45, 7) is 0.705. The molecule has 0 radical (unpaired) electrons. The maximum absolute atomic E-state index is 13.8. The molecule has 0 aliphatic carbocycles. The van der Waals surface area contributed by atoms with Crippen LogP contribution in [0.15, 0.2) is 24.3 Å². The van der Waals surface area contributed by atoms with E-state index in [1.54, 1.807) is 18.2 Å². The predicted octanol–water partition coefficient (Wildman–Crippen LogP) is 2.37. The van der Waals surface area contributed by atoms with Crippen LogP contribution in [0, 0.1) is 5.82 Å². The van der Waals surface area contributed by atoms with Crippen LogP contribution in [0.5, 0.6) is 0 Å². The van der Waals surface area contributed by atoms with Crippen LogP contribution in [0.4, 0.5) is 4.39 Å². The molecule has 5 heteroatoms. The third kappa shape index (κ3) is 3.23. The van der Waals surface area contributed by atoms with Crippen LogP contribution in [-0.2, 0) is 16.0 Å². The zero-order valence-electron chi connectivity index (χ0n) is 13.5. The molecule has 2 aliphatic heterocycles. The number of hydrogen-bond acceptors (Lipinski definition) is 2. The van der Waals surface area contributed by atoms with Crippen LogP contribution in [0.3, 0.4) is 0 Å². The summed E-state index contributed by atoms with van der Waals surface area (Å²) in [5, 5.41) is 0. The number of hydrogen-bond donors (Lipinski definition) is 0. The Morgan fingerprint density at radius 1 is 1.22 bits per heavy atom. The standard InChI is InChI=1S/C18H23FN2O2/c1-20-15-9-5-11-21(16(15)8-4-10-17(20)22)18(23)12-13-6-2-3-7-14(13)19/h2-3,6-7,15-16H,4-5,8-12H2,1H3/t15-,16-/m1/s1. The number of halogens is 1. The molecule has 3 rings (SSSR count). The van der Waals surface area contributed by atoms with E-state index in [9.17, 15) is 14.0 Å². The highest BCUT2D eigenvalue weighted by atomic mass is 19.1. The van der Waals surface area contributed by atoms with Gasteiger partial charge in [-0.15, -0.1) is 0 Å². The molecule has 1 aromatic rings. The molecule has 2 aliphatic rings. The molecule has 0 N–H and O–H groups in total. The Labute approximate surface area is 136 Å². The number of likely N-dealkylation sites (N-methyl/N-ethyl adjacent to an activating group) is 1. The lowest BCUT2D eigenvalue weighted by Gasteiger charge is -2.43. The Morgan fingerprint density at radius 3 is 2.74 bits per heavy atom. The molecule has 2 fully saturated rings. The molecule has 1 aromatic carbocycles. The van der Waals surface area contributed by atoms with Gasteiger partial charge in [-0.3, -0.25) is 9.59 Å². The van der Waals surface area contributed by atoms with Crippen LogP contribution >= 0.6 is 0 Å². The van der Waals surface area contributed by atoms with Crippen molar-refractivity contribution in [2.45, 2.75) is 50.6 Å². The summed E-state index contributed by atoms with van der Waals surface area (Å²) < 4.78 is 13.8. The number of carbonyl (C=O) groups excluding carboxylic acids is 2. The molecule has 124 valence electrons. The topological polar surface area (TPSA) is 40.6 Å². The number of nitrogens with zero attached hydrogens (tertiary/aromatic N) is 2. The van der Waals surface area contributed by atoms with Crippen molar-refractivity contribution in [2.75, 3.05) is 13.6 Å². The van der Waals surface area contributed by atoms with Crippen LogP contribution < -0.4 is 0 Å². The SMILES string of the molecule is CN1C(=O)CCC[C@@H]2[C@H]1CCCN2C(=O)Cc1ccccc1F. The summed E-state index contributed by atoms with van der Waals surface area (Å²) >= 11 is 0. The van der Waals surface area contributed by atoms with Gasteiger partial charge >= 0.3 is 0 Å². The molecule has 0 aromatic heterocycles. The molecule has 0 bridgehead atoms. The summed E-state index contributed by atoms with van der Waals surface area (Å²) in [5.41, 5.74) is 0.442. The lowest BCUT2D eigenvalue weighted by molar-refractivity contribution is -0.140. The Hall–Kier alpha value is -1.91. The summed E-state index contributed by atoms with van der Waals surface area (Å²) in [6.07, 6.45) is 4.14. The van der Waals surface area contributed by atoms with Gasteiger partial charge in [0.1, 0.15) is 5.82 Å². The van der Waals surface area contributed by atoms with E-state index in [0.717, 1.165) is 25.7 Å². The molecule has 23 heavy (non-hydrogen) atoms. The van der Waals surface area contributed by atoms with Crippen molar-refractivity contribution in [3.8, 4) is 0 Å². The fraction of sp³-hybridized carbons (Fsp3) is 0.556. The largest absolute Gasteiger partial charge is 0.341 e. The van der Waals surface area contributed by atoms with Gasteiger partial charge < -0.3 is 9.80 Å². The van der Waals surface area contributed by atoms with Crippen LogP contribution in [0.25, 0.3) is 0 Å². The number of benzene rings is 1. The third-order valence-electron chi connectivity index (χ3n) is 5.14. The summed E-state index contributed by atoms with van der Waals surface area (Å²) in [6, 6.07) is 6.61. The van der Waals surface area contributed by atoms with Gasteiger partial charge in [-0.2, -0.15) is 0 Å². The first-order valence-corrected chi connectivity index (χ1v) is 8.36. The third-order valence-corrected chi connectivity index (χ3v) is 5.14. The molecule has 2 heterocycles. The number of rotatable bonds is 2. The predicted molar refractivity (Wildman–Crippen MR) is 85.2 cm³/mol. The first-order valence-electron chi connectivity index (χ1n) is 8.36. The average molecular weight is 318 g/mol. The minimum absolute atomic E-state index is 0.0347. The van der Waals surface area contributed by atoms with E-state index >= 15 is 0 Å². The Morgan fingerprint density at radius 2 is 1.96 bits per heavy atom. The number of carbonyl (C=O) groups is 2. The highest BCUT2D eigenvalue weighted by Gasteiger charge is 2.39. The van der Waals surface area contributed by atoms with E-state index in [2.05, 4.69) is 0 Å². The van der Waals surface area contributed by atoms with Crippen LogP contribution in [-0.4, -0.2) is 47.3 Å². The lowest BCUT2D eigenvalue weighted by Crippen LogP contribution is -2.56. The van der Waals surface area contributed by atoms with Gasteiger partial charge in [-0.05, 0) is 37.3 Å². The molecule has 0 saturated carbocycles. The quantitative estimate of drug-likeness (QED) is 0.840. The molecule has 2 atom stereocenters. The number of likely N-dealkylation sites (tertiary alicyclic amines) is 2. The number of fused-ring (bicyclic) bond motifs is 1. The van der Waals surface area contributed by atoms with Crippen LogP contribution in [0.1, 0.15) is 37.7 Å². The zero-order valence-corrected chi connectivity index (χ0v) is 13.5. The summed E-state index contributed by atoms with van der Waals surface area (Å²) in [4.78, 5) is 28.5. The molecule has 0 unspecified atom stereocenters. The normalized spacial score (nSPS) is 25.0. The van der Waals surface area contributed by atoms with E-state index in [1.807, 2.05) is 16.8 Å². The highest BCUT2D eigenvalue weighted by molar-refractivity contribution is 5.80. The van der Waals surface area contributed by atoms with Gasteiger partial charge in [0.15, 0.2) is 0 Å². The van der Waals surface area contributed by atoms with E-state index in [0.29, 0.717) is 18.5 Å². The van der Waals surface area contributed by atoms with E-state index in [-0.39, 0.29) is 36.1 Å². The summed E-state index contributed by atoms with van der Waals surface area (Å²) in [7, 11) is 1.84. The van der Waals surface area contributed by atoms with Crippen molar-refractivity contribution in [2.24, 2.45) is 0 Å². The first kappa shape index (κ1) is 16.0. The fourth-order valence-electron chi connectivity index (χ4n) is 3.88. The van der Waals surface area contributed by atoms with Gasteiger partial charge in [0, 0.05) is 20.0 Å². The van der Waals surface area contributed by atoms with Gasteiger partial charge in [0.05, 0.1) is 18.5 Å². The fourth-order valence-corrected chi connectivity index (χ4v) is 3.88. The van der Waals surface area contributed by atoms with Gasteiger partial charge in [0.2, 0.25) is 11.8 Å². The summed E-state index contributed by atoms with van der Waals surface area (Å²) in [5.74, 6) is -0.198.